The van der Waals surface area contributed by atoms with Gasteiger partial charge in [-0.15, -0.1) is 0 Å². The number of nitrogens with one attached hydrogen (secondary N) is 2. The maximum absolute atomic E-state index is 12.6. The SMILES string of the molecule is COc1ccc(S(=O)(=O)CNCCOCC(=O)CNCc2ccc(C3=NCCN3C(=O)OC(C)(C)C)cc2)c(C)c1. The number of ketones is 1. The highest BCUT2D eigenvalue weighted by molar-refractivity contribution is 7.91. The van der Waals surface area contributed by atoms with Gasteiger partial charge in [-0.1, -0.05) is 24.3 Å². The molecule has 0 aromatic heterocycles. The minimum Gasteiger partial charge on any atom is -0.497 e. The van der Waals surface area contributed by atoms with Crippen molar-refractivity contribution >= 4 is 27.5 Å². The number of aryl methyl sites for hydroxylation is 1. The van der Waals surface area contributed by atoms with Crippen molar-refractivity contribution in [2.75, 3.05) is 52.4 Å². The molecule has 2 aromatic rings. The third kappa shape index (κ3) is 9.92. The first-order valence-electron chi connectivity index (χ1n) is 13.4. The highest BCUT2D eigenvalue weighted by Gasteiger charge is 2.29. The summed E-state index contributed by atoms with van der Waals surface area (Å²) in [6.07, 6.45) is -0.412. The Kier molecular flexibility index (Phi) is 11.4. The second-order valence-electron chi connectivity index (χ2n) is 10.6. The Morgan fingerprint density at radius 1 is 1.07 bits per heavy atom. The van der Waals surface area contributed by atoms with E-state index in [9.17, 15) is 18.0 Å². The number of amidine groups is 1. The minimum absolute atomic E-state index is 0.0712. The first-order valence-corrected chi connectivity index (χ1v) is 15.1. The van der Waals surface area contributed by atoms with E-state index in [1.54, 1.807) is 24.0 Å². The fourth-order valence-corrected chi connectivity index (χ4v) is 5.46. The van der Waals surface area contributed by atoms with Gasteiger partial charge in [0.25, 0.3) is 0 Å². The number of benzene rings is 2. The molecule has 0 unspecified atom stereocenters. The molecule has 0 radical (unpaired) electrons. The number of hydrogen-bond donors (Lipinski definition) is 2. The number of carbonyl (C=O) groups excluding carboxylic acids is 2. The zero-order valence-electron chi connectivity index (χ0n) is 24.4. The van der Waals surface area contributed by atoms with Crippen LogP contribution >= 0.6 is 0 Å². The van der Waals surface area contributed by atoms with Crippen molar-refractivity contribution in [1.29, 1.82) is 0 Å². The lowest BCUT2D eigenvalue weighted by molar-refractivity contribution is -0.122. The molecule has 0 spiro atoms. The average Bonchev–Trinajstić information content (AvgIpc) is 3.40. The van der Waals surface area contributed by atoms with Crippen LogP contribution in [0.1, 0.15) is 37.5 Å². The van der Waals surface area contributed by atoms with Gasteiger partial charge in [0.15, 0.2) is 15.6 Å². The third-order valence-corrected chi connectivity index (χ3v) is 7.73. The lowest BCUT2D eigenvalue weighted by Gasteiger charge is -2.25. The molecule has 1 aliphatic heterocycles. The van der Waals surface area contributed by atoms with Crippen LogP contribution in [0.4, 0.5) is 4.79 Å². The Hall–Kier alpha value is -3.32. The minimum atomic E-state index is -3.51. The molecule has 11 nitrogen and oxygen atoms in total. The number of nitrogens with zero attached hydrogens (tertiary/aromatic N) is 2. The van der Waals surface area contributed by atoms with Crippen LogP contribution in [-0.4, -0.2) is 89.0 Å². The van der Waals surface area contributed by atoms with Crippen LogP contribution < -0.4 is 15.4 Å². The summed E-state index contributed by atoms with van der Waals surface area (Å²) in [5, 5.41) is 5.95. The summed E-state index contributed by atoms with van der Waals surface area (Å²) in [5.41, 5.74) is 1.83. The number of Topliss-reactive ketones (excluding diaryl/α,β-unsaturated/α-hetero) is 1. The van der Waals surface area contributed by atoms with Crippen molar-refractivity contribution in [2.24, 2.45) is 4.99 Å². The summed E-state index contributed by atoms with van der Waals surface area (Å²) in [7, 11) is -1.98. The van der Waals surface area contributed by atoms with Crippen LogP contribution in [0.3, 0.4) is 0 Å². The van der Waals surface area contributed by atoms with E-state index in [0.29, 0.717) is 36.8 Å². The lowest BCUT2D eigenvalue weighted by atomic mass is 10.1. The summed E-state index contributed by atoms with van der Waals surface area (Å²) >= 11 is 0. The molecule has 0 saturated carbocycles. The molecule has 224 valence electrons. The largest absolute Gasteiger partial charge is 0.497 e. The number of sulfone groups is 1. The molecule has 0 fully saturated rings. The van der Waals surface area contributed by atoms with Crippen molar-refractivity contribution in [3.05, 3.63) is 59.2 Å². The Balaban J connectivity index is 1.32. The number of ether oxygens (including phenoxy) is 3. The number of aliphatic imine (C=N–C) groups is 1. The predicted octanol–water partition coefficient (Wildman–Crippen LogP) is 2.70. The molecule has 2 N–H and O–H groups in total. The maximum Gasteiger partial charge on any atom is 0.416 e. The van der Waals surface area contributed by atoms with E-state index in [0.717, 1.165) is 11.1 Å². The first-order chi connectivity index (χ1) is 19.4. The van der Waals surface area contributed by atoms with Gasteiger partial charge >= 0.3 is 6.09 Å². The molecule has 0 atom stereocenters. The molecule has 1 aliphatic rings. The van der Waals surface area contributed by atoms with Crippen molar-refractivity contribution in [3.8, 4) is 5.75 Å². The standard InChI is InChI=1S/C29H40N4O7S/c1-21-16-25(38-5)10-11-26(21)41(36,37)20-30-13-15-39-19-24(34)18-31-17-22-6-8-23(9-7-22)27-32-12-14-33(27)28(35)40-29(2,3)4/h6-11,16,30-31H,12-15,17-20H2,1-5H3. The number of carbonyl (C=O) groups is 2. The van der Waals surface area contributed by atoms with Gasteiger partial charge in [0.1, 0.15) is 29.7 Å². The van der Waals surface area contributed by atoms with Gasteiger partial charge in [0, 0.05) is 18.7 Å². The average molecular weight is 589 g/mol. The molecule has 41 heavy (non-hydrogen) atoms. The molecule has 1 heterocycles. The Morgan fingerprint density at radius 2 is 1.80 bits per heavy atom. The summed E-state index contributed by atoms with van der Waals surface area (Å²) in [5.74, 6) is 0.845. The van der Waals surface area contributed by atoms with Crippen molar-refractivity contribution < 1.29 is 32.2 Å². The van der Waals surface area contributed by atoms with Crippen molar-refractivity contribution in [2.45, 2.75) is 44.7 Å². The van der Waals surface area contributed by atoms with E-state index >= 15 is 0 Å². The highest BCUT2D eigenvalue weighted by atomic mass is 32.2. The second kappa shape index (κ2) is 14.5. The van der Waals surface area contributed by atoms with Crippen LogP contribution in [-0.2, 0) is 30.7 Å². The van der Waals surface area contributed by atoms with Gasteiger partial charge in [-0.25, -0.2) is 13.2 Å². The summed E-state index contributed by atoms with van der Waals surface area (Å²) in [4.78, 5) is 30.9. The van der Waals surface area contributed by atoms with Crippen molar-refractivity contribution in [1.82, 2.24) is 15.5 Å². The Labute approximate surface area is 242 Å². The molecular formula is C29H40N4O7S. The Morgan fingerprint density at radius 3 is 2.46 bits per heavy atom. The van der Waals surface area contributed by atoms with Gasteiger partial charge in [-0.2, -0.15) is 0 Å². The second-order valence-corrected chi connectivity index (χ2v) is 12.6. The molecule has 2 aromatic carbocycles. The molecular weight excluding hydrogens is 548 g/mol. The van der Waals surface area contributed by atoms with Gasteiger partial charge < -0.3 is 24.8 Å². The maximum atomic E-state index is 12.6. The van der Waals surface area contributed by atoms with E-state index in [1.807, 2.05) is 45.0 Å². The zero-order valence-corrected chi connectivity index (χ0v) is 25.2. The fraction of sp³-hybridized carbons (Fsp3) is 0.483. The van der Waals surface area contributed by atoms with Crippen LogP contribution in [0.5, 0.6) is 5.75 Å². The van der Waals surface area contributed by atoms with E-state index in [4.69, 9.17) is 14.2 Å². The zero-order chi connectivity index (χ0) is 30.0. The van der Waals surface area contributed by atoms with E-state index < -0.39 is 21.5 Å². The number of hydrogen-bond acceptors (Lipinski definition) is 10. The number of methoxy groups -OCH3 is 1. The molecule has 12 heteroatoms. The van der Waals surface area contributed by atoms with Crippen LogP contribution in [0, 0.1) is 6.92 Å². The summed E-state index contributed by atoms with van der Waals surface area (Å²) in [6, 6.07) is 12.5. The number of amides is 1. The number of rotatable bonds is 14. The highest BCUT2D eigenvalue weighted by Crippen LogP contribution is 2.21. The summed E-state index contributed by atoms with van der Waals surface area (Å²) < 4.78 is 41.1. The molecule has 0 saturated heterocycles. The van der Waals surface area contributed by atoms with E-state index in [-0.39, 0.29) is 42.9 Å². The smallest absolute Gasteiger partial charge is 0.416 e. The fourth-order valence-electron chi connectivity index (χ4n) is 4.07. The van der Waals surface area contributed by atoms with E-state index in [2.05, 4.69) is 15.6 Å². The van der Waals surface area contributed by atoms with Crippen LogP contribution in [0.2, 0.25) is 0 Å². The summed E-state index contributed by atoms with van der Waals surface area (Å²) in [6.45, 7) is 9.26. The molecule has 3 rings (SSSR count). The Bertz CT molecular complexity index is 1340. The van der Waals surface area contributed by atoms with Crippen LogP contribution in [0.25, 0.3) is 0 Å². The lowest BCUT2D eigenvalue weighted by Crippen LogP contribution is -2.39. The molecule has 1 amide bonds. The van der Waals surface area contributed by atoms with E-state index in [1.165, 1.54) is 13.2 Å². The quantitative estimate of drug-likeness (QED) is 0.319. The van der Waals surface area contributed by atoms with Crippen molar-refractivity contribution in [3.63, 3.8) is 0 Å². The molecule has 0 aliphatic carbocycles. The third-order valence-electron chi connectivity index (χ3n) is 6.01. The van der Waals surface area contributed by atoms with Crippen LogP contribution in [0.15, 0.2) is 52.4 Å². The monoisotopic (exact) mass is 588 g/mol. The van der Waals surface area contributed by atoms with Gasteiger partial charge in [0.2, 0.25) is 0 Å². The topological polar surface area (TPSA) is 136 Å². The van der Waals surface area contributed by atoms with Gasteiger partial charge in [-0.05, 0) is 57.0 Å². The van der Waals surface area contributed by atoms with Gasteiger partial charge in [0.05, 0.1) is 38.2 Å². The van der Waals surface area contributed by atoms with Gasteiger partial charge in [-0.3, -0.25) is 14.7 Å². The predicted molar refractivity (Wildman–Crippen MR) is 156 cm³/mol. The first kappa shape index (κ1) is 32.2. The normalized spacial score (nSPS) is 13.7. The molecule has 0 bridgehead atoms.